The van der Waals surface area contributed by atoms with Gasteiger partial charge in [0.25, 0.3) is 0 Å². The highest BCUT2D eigenvalue weighted by Gasteiger charge is 2.20. The Hall–Kier alpha value is -0.0800. The van der Waals surface area contributed by atoms with E-state index in [0.717, 1.165) is 38.8 Å². The summed E-state index contributed by atoms with van der Waals surface area (Å²) in [5.41, 5.74) is 5.87. The monoisotopic (exact) mass is 355 g/mol. The zero-order chi connectivity index (χ0) is 11.2. The molecule has 100 valence electrons. The maximum atomic E-state index is 5.87. The number of nitrogens with two attached hydrogens (primary N) is 1. The maximum absolute atomic E-state index is 5.87. The molecule has 0 spiro atoms. The highest BCUT2D eigenvalue weighted by Crippen LogP contribution is 2.28. The first-order valence-electron chi connectivity index (χ1n) is 6.06. The number of hydrogen-bond acceptors (Lipinski definition) is 3. The third-order valence-electron chi connectivity index (χ3n) is 2.89. The third kappa shape index (κ3) is 5.87. The molecule has 1 heterocycles. The summed E-state index contributed by atoms with van der Waals surface area (Å²) in [5.74, 6) is 1.44. The van der Waals surface area contributed by atoms with Crippen molar-refractivity contribution in [1.29, 1.82) is 0 Å². The van der Waals surface area contributed by atoms with E-state index in [2.05, 4.69) is 9.89 Å². The van der Waals surface area contributed by atoms with Crippen LogP contribution in [0.4, 0.5) is 0 Å². The van der Waals surface area contributed by atoms with Crippen LogP contribution >= 0.6 is 24.0 Å². The van der Waals surface area contributed by atoms with Gasteiger partial charge in [-0.3, -0.25) is 4.99 Å². The van der Waals surface area contributed by atoms with Crippen LogP contribution in [0.1, 0.15) is 12.8 Å². The number of nitrogens with zero attached hydrogens (tertiary/aromatic N) is 2. The highest BCUT2D eigenvalue weighted by molar-refractivity contribution is 14.0. The van der Waals surface area contributed by atoms with Crippen molar-refractivity contribution in [2.24, 2.45) is 16.6 Å². The van der Waals surface area contributed by atoms with Gasteiger partial charge in [-0.2, -0.15) is 0 Å². The van der Waals surface area contributed by atoms with Gasteiger partial charge in [-0.15, -0.1) is 24.0 Å². The van der Waals surface area contributed by atoms with Gasteiger partial charge in [0.2, 0.25) is 0 Å². The zero-order valence-electron chi connectivity index (χ0n) is 10.1. The van der Waals surface area contributed by atoms with Crippen molar-refractivity contribution in [3.63, 3.8) is 0 Å². The summed E-state index contributed by atoms with van der Waals surface area (Å²) in [7, 11) is 0. The van der Waals surface area contributed by atoms with Crippen molar-refractivity contribution in [3.8, 4) is 0 Å². The Morgan fingerprint density at radius 3 is 2.71 bits per heavy atom. The van der Waals surface area contributed by atoms with Gasteiger partial charge in [-0.25, -0.2) is 0 Å². The van der Waals surface area contributed by atoms with Gasteiger partial charge in [0.05, 0.1) is 26.4 Å². The molecule has 2 N–H and O–H groups in total. The molecule has 0 amide bonds. The number of rotatable bonds is 5. The molecule has 0 aromatic carbocycles. The molecule has 17 heavy (non-hydrogen) atoms. The number of hydrogen-bond donors (Lipinski definition) is 1. The van der Waals surface area contributed by atoms with Crippen LogP contribution < -0.4 is 5.73 Å². The zero-order valence-corrected chi connectivity index (χ0v) is 12.5. The molecule has 1 saturated heterocycles. The van der Waals surface area contributed by atoms with Crippen molar-refractivity contribution in [3.05, 3.63) is 0 Å². The molecule has 0 aromatic rings. The van der Waals surface area contributed by atoms with E-state index in [9.17, 15) is 0 Å². The van der Waals surface area contributed by atoms with Gasteiger partial charge in [-0.05, 0) is 18.8 Å². The van der Waals surface area contributed by atoms with Gasteiger partial charge in [0.15, 0.2) is 5.96 Å². The summed E-state index contributed by atoms with van der Waals surface area (Å²) < 4.78 is 10.7. The second-order valence-electron chi connectivity index (χ2n) is 4.36. The van der Waals surface area contributed by atoms with E-state index in [4.69, 9.17) is 15.2 Å². The van der Waals surface area contributed by atoms with Crippen molar-refractivity contribution < 1.29 is 9.47 Å². The van der Waals surface area contributed by atoms with Gasteiger partial charge < -0.3 is 20.1 Å². The lowest BCUT2D eigenvalue weighted by Crippen LogP contribution is -2.45. The van der Waals surface area contributed by atoms with Crippen LogP contribution in [0.5, 0.6) is 0 Å². The fourth-order valence-electron chi connectivity index (χ4n) is 1.65. The summed E-state index contributed by atoms with van der Waals surface area (Å²) in [5, 5.41) is 0. The molecule has 2 fully saturated rings. The van der Waals surface area contributed by atoms with Crippen LogP contribution in [-0.4, -0.2) is 56.9 Å². The molecule has 0 atom stereocenters. The number of morpholine rings is 1. The van der Waals surface area contributed by atoms with E-state index in [1.807, 2.05) is 0 Å². The molecular formula is C11H22IN3O2. The SMILES string of the molecule is I.NC(=NCCOCC1CC1)N1CCOCC1. The Labute approximate surface area is 120 Å². The van der Waals surface area contributed by atoms with E-state index in [1.54, 1.807) is 0 Å². The van der Waals surface area contributed by atoms with E-state index in [1.165, 1.54) is 12.8 Å². The first-order chi connectivity index (χ1) is 7.86. The summed E-state index contributed by atoms with van der Waals surface area (Å²) in [6, 6.07) is 0. The predicted octanol–water partition coefficient (Wildman–Crippen LogP) is 0.678. The minimum Gasteiger partial charge on any atom is -0.379 e. The first-order valence-corrected chi connectivity index (χ1v) is 6.06. The number of aliphatic imine (C=N–C) groups is 1. The van der Waals surface area contributed by atoms with Crippen LogP contribution in [0.15, 0.2) is 4.99 Å². The summed E-state index contributed by atoms with van der Waals surface area (Å²) >= 11 is 0. The topological polar surface area (TPSA) is 60.1 Å². The maximum Gasteiger partial charge on any atom is 0.191 e. The number of guanidine groups is 1. The van der Waals surface area contributed by atoms with Crippen molar-refractivity contribution >= 4 is 29.9 Å². The van der Waals surface area contributed by atoms with Gasteiger partial charge in [0, 0.05) is 19.7 Å². The normalized spacial score (nSPS) is 21.2. The van der Waals surface area contributed by atoms with E-state index in [-0.39, 0.29) is 24.0 Å². The van der Waals surface area contributed by atoms with Crippen molar-refractivity contribution in [2.45, 2.75) is 12.8 Å². The standard InChI is InChI=1S/C11H21N3O2.HI/c12-11(14-4-7-15-8-5-14)13-3-6-16-9-10-1-2-10;/h10H,1-9H2,(H2,12,13);1H. The highest BCUT2D eigenvalue weighted by atomic mass is 127. The predicted molar refractivity (Wildman–Crippen MR) is 77.8 cm³/mol. The summed E-state index contributed by atoms with van der Waals surface area (Å²) in [6.07, 6.45) is 2.67. The molecule has 1 aliphatic carbocycles. The summed E-state index contributed by atoms with van der Waals surface area (Å²) in [4.78, 5) is 6.36. The number of ether oxygens (including phenoxy) is 2. The average Bonchev–Trinajstić information content (AvgIpc) is 3.13. The molecule has 5 nitrogen and oxygen atoms in total. The second kappa shape index (κ2) is 8.10. The molecule has 1 saturated carbocycles. The Morgan fingerprint density at radius 2 is 2.06 bits per heavy atom. The second-order valence-corrected chi connectivity index (χ2v) is 4.36. The van der Waals surface area contributed by atoms with Gasteiger partial charge in [-0.1, -0.05) is 0 Å². The molecule has 0 unspecified atom stereocenters. The van der Waals surface area contributed by atoms with Crippen LogP contribution in [0.3, 0.4) is 0 Å². The Balaban J connectivity index is 0.00000144. The molecule has 2 rings (SSSR count). The Kier molecular flexibility index (Phi) is 7.14. The molecule has 0 radical (unpaired) electrons. The van der Waals surface area contributed by atoms with Crippen LogP contribution in [0.2, 0.25) is 0 Å². The first kappa shape index (κ1) is 15.0. The van der Waals surface area contributed by atoms with Crippen LogP contribution in [0, 0.1) is 5.92 Å². The molecule has 2 aliphatic rings. The molecule has 0 bridgehead atoms. The Bertz CT molecular complexity index is 241. The third-order valence-corrected chi connectivity index (χ3v) is 2.89. The lowest BCUT2D eigenvalue weighted by molar-refractivity contribution is 0.0672. The molecule has 1 aliphatic heterocycles. The largest absolute Gasteiger partial charge is 0.379 e. The van der Waals surface area contributed by atoms with E-state index >= 15 is 0 Å². The van der Waals surface area contributed by atoms with Gasteiger partial charge in [0.1, 0.15) is 0 Å². The van der Waals surface area contributed by atoms with Crippen LogP contribution in [-0.2, 0) is 9.47 Å². The Morgan fingerprint density at radius 1 is 1.35 bits per heavy atom. The fraction of sp³-hybridized carbons (Fsp3) is 0.909. The summed E-state index contributed by atoms with van der Waals surface area (Å²) in [6.45, 7) is 5.42. The minimum absolute atomic E-state index is 0. The van der Waals surface area contributed by atoms with Crippen molar-refractivity contribution in [2.75, 3.05) is 46.1 Å². The van der Waals surface area contributed by atoms with E-state index in [0.29, 0.717) is 19.1 Å². The van der Waals surface area contributed by atoms with Crippen LogP contribution in [0.25, 0.3) is 0 Å². The molecule has 0 aromatic heterocycles. The lowest BCUT2D eigenvalue weighted by Gasteiger charge is -2.27. The quantitative estimate of drug-likeness (QED) is 0.341. The molecule has 6 heteroatoms. The lowest BCUT2D eigenvalue weighted by atomic mass is 10.4. The molecular weight excluding hydrogens is 333 g/mol. The fourth-order valence-corrected chi connectivity index (χ4v) is 1.65. The van der Waals surface area contributed by atoms with E-state index < -0.39 is 0 Å². The van der Waals surface area contributed by atoms with Gasteiger partial charge >= 0.3 is 0 Å². The van der Waals surface area contributed by atoms with Crippen molar-refractivity contribution in [1.82, 2.24) is 4.90 Å². The minimum atomic E-state index is 0. The average molecular weight is 355 g/mol. The smallest absolute Gasteiger partial charge is 0.191 e. The number of halogens is 1.